The van der Waals surface area contributed by atoms with E-state index in [1.807, 2.05) is 38.9 Å². The summed E-state index contributed by atoms with van der Waals surface area (Å²) in [4.78, 5) is 14.1. The van der Waals surface area contributed by atoms with Gasteiger partial charge in [-0.05, 0) is 18.5 Å². The predicted octanol–water partition coefficient (Wildman–Crippen LogP) is 1.25. The van der Waals surface area contributed by atoms with Crippen LogP contribution in [0.2, 0.25) is 5.28 Å². The number of aromatic nitrogens is 5. The lowest BCUT2D eigenvalue weighted by atomic mass is 10.2. The highest BCUT2D eigenvalue weighted by molar-refractivity contribution is 6.28. The van der Waals surface area contributed by atoms with Gasteiger partial charge >= 0.3 is 0 Å². The third-order valence-corrected chi connectivity index (χ3v) is 2.94. The van der Waals surface area contributed by atoms with Crippen LogP contribution in [-0.2, 0) is 13.6 Å². The van der Waals surface area contributed by atoms with Crippen LogP contribution in [0.15, 0.2) is 6.20 Å². The zero-order valence-electron chi connectivity index (χ0n) is 11.3. The van der Waals surface area contributed by atoms with Crippen LogP contribution >= 0.6 is 11.6 Å². The van der Waals surface area contributed by atoms with Crippen LogP contribution in [0.3, 0.4) is 0 Å². The van der Waals surface area contributed by atoms with Gasteiger partial charge in [-0.3, -0.25) is 4.68 Å². The molecule has 7 nitrogen and oxygen atoms in total. The molecule has 0 atom stereocenters. The van der Waals surface area contributed by atoms with Gasteiger partial charge in [-0.25, -0.2) is 0 Å². The van der Waals surface area contributed by atoms with Crippen LogP contribution in [0.5, 0.6) is 0 Å². The first-order valence-electron chi connectivity index (χ1n) is 5.77. The summed E-state index contributed by atoms with van der Waals surface area (Å²) in [5.74, 6) is 0.970. The average Bonchev–Trinajstić information content (AvgIpc) is 2.67. The molecule has 2 rings (SSSR count). The van der Waals surface area contributed by atoms with Crippen molar-refractivity contribution in [2.24, 2.45) is 7.05 Å². The highest BCUT2D eigenvalue weighted by atomic mass is 35.5. The van der Waals surface area contributed by atoms with Gasteiger partial charge in [-0.2, -0.15) is 20.1 Å². The number of hydrogen-bond acceptors (Lipinski definition) is 6. The van der Waals surface area contributed by atoms with Crippen LogP contribution in [0.25, 0.3) is 0 Å². The molecule has 2 aromatic rings. The third kappa shape index (κ3) is 3.11. The molecule has 0 saturated heterocycles. The molecule has 0 amide bonds. The smallest absolute Gasteiger partial charge is 0.230 e. The maximum Gasteiger partial charge on any atom is 0.230 e. The van der Waals surface area contributed by atoms with Crippen LogP contribution in [0, 0.1) is 6.92 Å². The van der Waals surface area contributed by atoms with Gasteiger partial charge in [-0.1, -0.05) is 0 Å². The van der Waals surface area contributed by atoms with E-state index in [-0.39, 0.29) is 5.28 Å². The summed E-state index contributed by atoms with van der Waals surface area (Å²) < 4.78 is 1.82. The van der Waals surface area contributed by atoms with E-state index in [9.17, 15) is 0 Å². The standard InChI is InChI=1S/C11H16ClN7/c1-7-8(6-14-19(7)4)5-13-10-15-9(12)16-11(17-10)18(2)3/h6H,5H2,1-4H3,(H,13,15,16,17). The van der Waals surface area contributed by atoms with Crippen molar-refractivity contribution in [2.45, 2.75) is 13.5 Å². The van der Waals surface area contributed by atoms with E-state index in [4.69, 9.17) is 11.6 Å². The van der Waals surface area contributed by atoms with Crippen molar-refractivity contribution >= 4 is 23.5 Å². The number of anilines is 2. The Kier molecular flexibility index (Phi) is 3.84. The number of halogens is 1. The quantitative estimate of drug-likeness (QED) is 0.909. The summed E-state index contributed by atoms with van der Waals surface area (Å²) >= 11 is 5.87. The molecule has 2 heterocycles. The molecule has 0 aliphatic heterocycles. The van der Waals surface area contributed by atoms with Gasteiger partial charge in [0.25, 0.3) is 0 Å². The molecule has 0 radical (unpaired) electrons. The van der Waals surface area contributed by atoms with Crippen LogP contribution in [0.4, 0.5) is 11.9 Å². The average molecular weight is 282 g/mol. The van der Waals surface area contributed by atoms with E-state index in [0.717, 1.165) is 11.3 Å². The summed E-state index contributed by atoms with van der Waals surface area (Å²) in [5, 5.41) is 7.48. The molecule has 0 aromatic carbocycles. The molecular weight excluding hydrogens is 266 g/mol. The van der Waals surface area contributed by atoms with Crippen LogP contribution in [0.1, 0.15) is 11.3 Å². The molecule has 0 bridgehead atoms. The second-order valence-electron chi connectivity index (χ2n) is 4.35. The fraction of sp³-hybridized carbons (Fsp3) is 0.455. The summed E-state index contributed by atoms with van der Waals surface area (Å²) in [6.07, 6.45) is 1.82. The molecule has 1 N–H and O–H groups in total. The summed E-state index contributed by atoms with van der Waals surface area (Å²) in [6, 6.07) is 0. The molecule has 0 spiro atoms. The summed E-state index contributed by atoms with van der Waals surface area (Å²) in [7, 11) is 5.60. The van der Waals surface area contributed by atoms with Crippen molar-refractivity contribution < 1.29 is 0 Å². The second-order valence-corrected chi connectivity index (χ2v) is 4.69. The fourth-order valence-corrected chi connectivity index (χ4v) is 1.67. The topological polar surface area (TPSA) is 71.8 Å². The minimum atomic E-state index is 0.170. The van der Waals surface area contributed by atoms with Crippen molar-refractivity contribution in [1.29, 1.82) is 0 Å². The SMILES string of the molecule is Cc1c(CNc2nc(Cl)nc(N(C)C)n2)cnn1C. The molecule has 19 heavy (non-hydrogen) atoms. The van der Waals surface area contributed by atoms with Gasteiger partial charge in [0.05, 0.1) is 6.20 Å². The predicted molar refractivity (Wildman–Crippen MR) is 74.4 cm³/mol. The molecule has 8 heteroatoms. The number of aryl methyl sites for hydroxylation is 1. The van der Waals surface area contributed by atoms with Gasteiger partial charge in [0.1, 0.15) is 0 Å². The lowest BCUT2D eigenvalue weighted by Gasteiger charge is -2.11. The lowest BCUT2D eigenvalue weighted by Crippen LogP contribution is -2.15. The van der Waals surface area contributed by atoms with Gasteiger partial charge < -0.3 is 10.2 Å². The molecular formula is C11H16ClN7. The minimum absolute atomic E-state index is 0.170. The van der Waals surface area contributed by atoms with Crippen molar-refractivity contribution in [3.8, 4) is 0 Å². The van der Waals surface area contributed by atoms with E-state index in [1.165, 1.54) is 0 Å². The number of hydrogen-bond donors (Lipinski definition) is 1. The van der Waals surface area contributed by atoms with Crippen molar-refractivity contribution in [2.75, 3.05) is 24.3 Å². The Morgan fingerprint density at radius 1 is 1.32 bits per heavy atom. The molecule has 0 unspecified atom stereocenters. The zero-order chi connectivity index (χ0) is 14.0. The first-order valence-corrected chi connectivity index (χ1v) is 6.15. The molecule has 0 aliphatic rings. The third-order valence-electron chi connectivity index (χ3n) is 2.77. The molecule has 102 valence electrons. The van der Waals surface area contributed by atoms with Gasteiger partial charge in [0.15, 0.2) is 0 Å². The van der Waals surface area contributed by atoms with Gasteiger partial charge in [0.2, 0.25) is 17.2 Å². The van der Waals surface area contributed by atoms with Crippen molar-refractivity contribution in [3.05, 3.63) is 22.7 Å². The first kappa shape index (κ1) is 13.5. The maximum atomic E-state index is 5.87. The largest absolute Gasteiger partial charge is 0.350 e. The first-order chi connectivity index (χ1) is 8.97. The van der Waals surface area contributed by atoms with Crippen molar-refractivity contribution in [3.63, 3.8) is 0 Å². The van der Waals surface area contributed by atoms with Gasteiger partial charge in [-0.15, -0.1) is 0 Å². The molecule has 0 saturated carbocycles. The van der Waals surface area contributed by atoms with E-state index in [0.29, 0.717) is 18.4 Å². The van der Waals surface area contributed by atoms with Gasteiger partial charge in [0, 0.05) is 38.9 Å². The molecule has 0 aliphatic carbocycles. The van der Waals surface area contributed by atoms with Crippen molar-refractivity contribution in [1.82, 2.24) is 24.7 Å². The number of rotatable bonds is 4. The zero-order valence-corrected chi connectivity index (χ0v) is 12.1. The fourth-order valence-electron chi connectivity index (χ4n) is 1.51. The Labute approximate surface area is 116 Å². The Hall–Kier alpha value is -1.89. The molecule has 0 fully saturated rings. The Balaban J connectivity index is 2.13. The minimum Gasteiger partial charge on any atom is -0.350 e. The highest BCUT2D eigenvalue weighted by Crippen LogP contribution is 2.13. The Morgan fingerprint density at radius 2 is 2.05 bits per heavy atom. The number of nitrogens with one attached hydrogen (secondary N) is 1. The van der Waals surface area contributed by atoms with E-state index >= 15 is 0 Å². The van der Waals surface area contributed by atoms with E-state index in [2.05, 4.69) is 25.4 Å². The summed E-state index contributed by atoms with van der Waals surface area (Å²) in [6.45, 7) is 2.60. The van der Waals surface area contributed by atoms with E-state index in [1.54, 1.807) is 4.90 Å². The Bertz CT molecular complexity index is 578. The van der Waals surface area contributed by atoms with Crippen LogP contribution < -0.4 is 10.2 Å². The van der Waals surface area contributed by atoms with E-state index < -0.39 is 0 Å². The summed E-state index contributed by atoms with van der Waals surface area (Å²) in [5.41, 5.74) is 2.19. The highest BCUT2D eigenvalue weighted by Gasteiger charge is 2.08. The second kappa shape index (κ2) is 5.40. The maximum absolute atomic E-state index is 5.87. The Morgan fingerprint density at radius 3 is 2.63 bits per heavy atom. The lowest BCUT2D eigenvalue weighted by molar-refractivity contribution is 0.738. The molecule has 2 aromatic heterocycles. The monoisotopic (exact) mass is 281 g/mol. The van der Waals surface area contributed by atoms with Crippen LogP contribution in [-0.4, -0.2) is 38.8 Å². The normalized spacial score (nSPS) is 10.6. The number of nitrogens with zero attached hydrogens (tertiary/aromatic N) is 6.